The Bertz CT molecular complexity index is 310. The van der Waals surface area contributed by atoms with E-state index in [1.165, 1.54) is 0 Å². The Labute approximate surface area is 89.6 Å². The smallest absolute Gasteiger partial charge is 0.158 e. The summed E-state index contributed by atoms with van der Waals surface area (Å²) in [6.45, 7) is 1.99. The lowest BCUT2D eigenvalue weighted by Gasteiger charge is -2.11. The number of benzene rings is 1. The maximum absolute atomic E-state index is 9.48. The standard InChI is InChI=1S/C12H16O3/c1-8-7-11(15-12(8)13)9-3-5-10(14-2)6-4-9/h3-6,8,11-13H,7H2,1-2H3/t8-,11+,12?/m0/s1. The Morgan fingerprint density at radius 2 is 2.00 bits per heavy atom. The monoisotopic (exact) mass is 208 g/mol. The molecule has 1 aromatic carbocycles. The zero-order chi connectivity index (χ0) is 10.8. The van der Waals surface area contributed by atoms with Crippen molar-refractivity contribution in [3.63, 3.8) is 0 Å². The van der Waals surface area contributed by atoms with E-state index in [1.807, 2.05) is 31.2 Å². The van der Waals surface area contributed by atoms with Crippen molar-refractivity contribution in [2.45, 2.75) is 25.7 Å². The van der Waals surface area contributed by atoms with E-state index in [1.54, 1.807) is 7.11 Å². The van der Waals surface area contributed by atoms with Gasteiger partial charge in [0.2, 0.25) is 0 Å². The molecule has 0 amide bonds. The van der Waals surface area contributed by atoms with Crippen LogP contribution in [0.15, 0.2) is 24.3 Å². The van der Waals surface area contributed by atoms with E-state index in [4.69, 9.17) is 9.47 Å². The summed E-state index contributed by atoms with van der Waals surface area (Å²) < 4.78 is 10.5. The summed E-state index contributed by atoms with van der Waals surface area (Å²) in [7, 11) is 1.65. The third-order valence-electron chi connectivity index (χ3n) is 2.86. The molecule has 0 spiro atoms. The molecule has 82 valence electrons. The fraction of sp³-hybridized carbons (Fsp3) is 0.500. The SMILES string of the molecule is COc1ccc([C@H]2C[C@H](C)C(O)O2)cc1. The van der Waals surface area contributed by atoms with Crippen molar-refractivity contribution in [3.8, 4) is 5.75 Å². The first kappa shape index (κ1) is 10.5. The first-order valence-electron chi connectivity index (χ1n) is 5.18. The molecular weight excluding hydrogens is 192 g/mol. The van der Waals surface area contributed by atoms with Crippen LogP contribution in [0.2, 0.25) is 0 Å². The quantitative estimate of drug-likeness (QED) is 0.809. The maximum Gasteiger partial charge on any atom is 0.158 e. The maximum atomic E-state index is 9.48. The Balaban J connectivity index is 2.10. The molecule has 3 atom stereocenters. The number of rotatable bonds is 2. The molecule has 0 bridgehead atoms. The predicted molar refractivity (Wildman–Crippen MR) is 56.6 cm³/mol. The van der Waals surface area contributed by atoms with E-state index in [0.29, 0.717) is 0 Å². The van der Waals surface area contributed by atoms with E-state index >= 15 is 0 Å². The van der Waals surface area contributed by atoms with Crippen LogP contribution in [0.1, 0.15) is 25.0 Å². The van der Waals surface area contributed by atoms with Gasteiger partial charge in [-0.05, 0) is 24.1 Å². The van der Waals surface area contributed by atoms with Crippen LogP contribution in [-0.2, 0) is 4.74 Å². The van der Waals surface area contributed by atoms with Gasteiger partial charge in [0.1, 0.15) is 5.75 Å². The molecule has 3 nitrogen and oxygen atoms in total. The van der Waals surface area contributed by atoms with Gasteiger partial charge in [0.15, 0.2) is 6.29 Å². The molecule has 1 aromatic rings. The fourth-order valence-corrected chi connectivity index (χ4v) is 1.85. The van der Waals surface area contributed by atoms with E-state index in [9.17, 15) is 5.11 Å². The highest BCUT2D eigenvalue weighted by Crippen LogP contribution is 2.35. The molecular formula is C12H16O3. The summed E-state index contributed by atoms with van der Waals surface area (Å²) in [5.41, 5.74) is 1.10. The average Bonchev–Trinajstić information content (AvgIpc) is 2.59. The minimum Gasteiger partial charge on any atom is -0.497 e. The van der Waals surface area contributed by atoms with Crippen molar-refractivity contribution >= 4 is 0 Å². The first-order chi connectivity index (χ1) is 7.20. The zero-order valence-electron chi connectivity index (χ0n) is 9.01. The van der Waals surface area contributed by atoms with Gasteiger partial charge < -0.3 is 14.6 Å². The Morgan fingerprint density at radius 1 is 1.33 bits per heavy atom. The van der Waals surface area contributed by atoms with Crippen molar-refractivity contribution < 1.29 is 14.6 Å². The van der Waals surface area contributed by atoms with Gasteiger partial charge in [0.25, 0.3) is 0 Å². The minimum atomic E-state index is -0.628. The number of hydrogen-bond donors (Lipinski definition) is 1. The van der Waals surface area contributed by atoms with Gasteiger partial charge >= 0.3 is 0 Å². The van der Waals surface area contributed by atoms with Crippen LogP contribution in [0.5, 0.6) is 5.75 Å². The van der Waals surface area contributed by atoms with Crippen LogP contribution in [-0.4, -0.2) is 18.5 Å². The van der Waals surface area contributed by atoms with Crippen molar-refractivity contribution in [3.05, 3.63) is 29.8 Å². The van der Waals surface area contributed by atoms with Gasteiger partial charge in [-0.3, -0.25) is 0 Å². The minimum absolute atomic E-state index is 0.0147. The van der Waals surface area contributed by atoms with Crippen LogP contribution < -0.4 is 4.74 Å². The molecule has 15 heavy (non-hydrogen) atoms. The predicted octanol–water partition coefficient (Wildman–Crippen LogP) is 2.11. The molecule has 1 heterocycles. The molecule has 0 aliphatic carbocycles. The molecule has 0 aromatic heterocycles. The average molecular weight is 208 g/mol. The summed E-state index contributed by atoms with van der Waals surface area (Å²) in [5, 5.41) is 9.48. The molecule has 1 N–H and O–H groups in total. The van der Waals surface area contributed by atoms with Crippen molar-refractivity contribution in [2.24, 2.45) is 5.92 Å². The number of aliphatic hydroxyl groups excluding tert-OH is 1. The topological polar surface area (TPSA) is 38.7 Å². The highest BCUT2D eigenvalue weighted by atomic mass is 16.6. The van der Waals surface area contributed by atoms with Gasteiger partial charge in [-0.2, -0.15) is 0 Å². The van der Waals surface area contributed by atoms with Crippen molar-refractivity contribution in [2.75, 3.05) is 7.11 Å². The number of hydrogen-bond acceptors (Lipinski definition) is 3. The largest absolute Gasteiger partial charge is 0.497 e. The molecule has 3 heteroatoms. The van der Waals surface area contributed by atoms with Gasteiger partial charge in [-0.1, -0.05) is 19.1 Å². The number of ether oxygens (including phenoxy) is 2. The third kappa shape index (κ3) is 2.13. The summed E-state index contributed by atoms with van der Waals surface area (Å²) in [5.74, 6) is 1.04. The van der Waals surface area contributed by atoms with Crippen LogP contribution in [0.25, 0.3) is 0 Å². The molecule has 1 aliphatic rings. The first-order valence-corrected chi connectivity index (χ1v) is 5.18. The number of methoxy groups -OCH3 is 1. The molecule has 1 saturated heterocycles. The van der Waals surface area contributed by atoms with Crippen LogP contribution in [0.4, 0.5) is 0 Å². The summed E-state index contributed by atoms with van der Waals surface area (Å²) in [6, 6.07) is 7.78. The molecule has 1 aliphatic heterocycles. The van der Waals surface area contributed by atoms with Gasteiger partial charge in [-0.15, -0.1) is 0 Å². The molecule has 1 unspecified atom stereocenters. The Morgan fingerprint density at radius 3 is 2.47 bits per heavy atom. The van der Waals surface area contributed by atoms with Gasteiger partial charge in [0, 0.05) is 5.92 Å². The fourth-order valence-electron chi connectivity index (χ4n) is 1.85. The molecule has 2 rings (SSSR count). The van der Waals surface area contributed by atoms with Crippen molar-refractivity contribution in [1.29, 1.82) is 0 Å². The molecule has 0 saturated carbocycles. The third-order valence-corrected chi connectivity index (χ3v) is 2.86. The van der Waals surface area contributed by atoms with Crippen LogP contribution >= 0.6 is 0 Å². The van der Waals surface area contributed by atoms with Crippen molar-refractivity contribution in [1.82, 2.24) is 0 Å². The highest BCUT2D eigenvalue weighted by molar-refractivity contribution is 5.28. The normalized spacial score (nSPS) is 30.5. The second kappa shape index (κ2) is 4.21. The van der Waals surface area contributed by atoms with E-state index in [0.717, 1.165) is 17.7 Å². The number of aliphatic hydroxyl groups is 1. The lowest BCUT2D eigenvalue weighted by Crippen LogP contribution is -2.10. The lowest BCUT2D eigenvalue weighted by atomic mass is 10.0. The lowest BCUT2D eigenvalue weighted by molar-refractivity contribution is -0.106. The Kier molecular flexibility index (Phi) is 2.93. The zero-order valence-corrected chi connectivity index (χ0v) is 9.01. The Hall–Kier alpha value is -1.06. The summed E-state index contributed by atoms with van der Waals surface area (Å²) in [4.78, 5) is 0. The van der Waals surface area contributed by atoms with Gasteiger partial charge in [-0.25, -0.2) is 0 Å². The van der Waals surface area contributed by atoms with E-state index in [2.05, 4.69) is 0 Å². The summed E-state index contributed by atoms with van der Waals surface area (Å²) in [6.07, 6.45) is 0.256. The van der Waals surface area contributed by atoms with E-state index < -0.39 is 6.29 Å². The molecule has 1 fully saturated rings. The molecule has 0 radical (unpaired) electrons. The highest BCUT2D eigenvalue weighted by Gasteiger charge is 2.31. The van der Waals surface area contributed by atoms with Crippen LogP contribution in [0.3, 0.4) is 0 Å². The van der Waals surface area contributed by atoms with Crippen LogP contribution in [0, 0.1) is 5.92 Å². The van der Waals surface area contributed by atoms with E-state index in [-0.39, 0.29) is 12.0 Å². The summed E-state index contributed by atoms with van der Waals surface area (Å²) >= 11 is 0. The second-order valence-corrected chi connectivity index (χ2v) is 4.00. The second-order valence-electron chi connectivity index (χ2n) is 4.00. The van der Waals surface area contributed by atoms with Gasteiger partial charge in [0.05, 0.1) is 13.2 Å².